The Kier molecular flexibility index (Phi) is 5.34. The maximum Gasteiger partial charge on any atom is 0.144 e. The summed E-state index contributed by atoms with van der Waals surface area (Å²) in [5.41, 5.74) is 0.662. The molecule has 0 saturated carbocycles. The number of fused-ring (bicyclic) bond motifs is 1. The van der Waals surface area contributed by atoms with Gasteiger partial charge >= 0.3 is 0 Å². The lowest BCUT2D eigenvalue weighted by molar-refractivity contribution is 0.123. The van der Waals surface area contributed by atoms with Gasteiger partial charge in [-0.2, -0.15) is 0 Å². The molecule has 1 unspecified atom stereocenters. The van der Waals surface area contributed by atoms with Crippen LogP contribution in [0.4, 0.5) is 0 Å². The Bertz CT molecular complexity index is 1170. The average molecular weight is 400 g/mol. The Hall–Kier alpha value is -3.50. The van der Waals surface area contributed by atoms with Gasteiger partial charge in [0.2, 0.25) is 0 Å². The highest BCUT2D eigenvalue weighted by Crippen LogP contribution is 2.45. The number of aliphatic hydroxyl groups is 1. The van der Waals surface area contributed by atoms with E-state index in [0.29, 0.717) is 17.1 Å². The van der Waals surface area contributed by atoms with Gasteiger partial charge in [0.05, 0.1) is 21.3 Å². The zero-order valence-electron chi connectivity index (χ0n) is 17.3. The molecule has 4 rings (SSSR count). The number of hydrogen-bond acceptors (Lipinski definition) is 4. The molecule has 0 amide bonds. The first-order valence-corrected chi connectivity index (χ1v) is 9.70. The third-order valence-corrected chi connectivity index (χ3v) is 5.48. The number of benzene rings is 4. The minimum absolute atomic E-state index is 0.542. The topological polar surface area (TPSA) is 47.9 Å². The highest BCUT2D eigenvalue weighted by Gasteiger charge is 2.38. The van der Waals surface area contributed by atoms with Crippen molar-refractivity contribution in [3.8, 4) is 17.2 Å². The molecular weight excluding hydrogens is 376 g/mol. The predicted molar refractivity (Wildman–Crippen MR) is 119 cm³/mol. The normalized spacial score (nSPS) is 12.9. The Morgan fingerprint density at radius 3 is 2.00 bits per heavy atom. The van der Waals surface area contributed by atoms with E-state index in [0.717, 1.165) is 27.6 Å². The van der Waals surface area contributed by atoms with Gasteiger partial charge in [0.1, 0.15) is 22.8 Å². The summed E-state index contributed by atoms with van der Waals surface area (Å²) in [6.45, 7) is 0. The third kappa shape index (κ3) is 3.15. The summed E-state index contributed by atoms with van der Waals surface area (Å²) in [7, 11) is 4.85. The minimum atomic E-state index is -1.45. The highest BCUT2D eigenvalue weighted by molar-refractivity contribution is 5.92. The lowest BCUT2D eigenvalue weighted by atomic mass is 9.78. The van der Waals surface area contributed by atoms with E-state index in [-0.39, 0.29) is 0 Å². The van der Waals surface area contributed by atoms with Crippen LogP contribution in [0.1, 0.15) is 16.7 Å². The van der Waals surface area contributed by atoms with E-state index in [9.17, 15) is 5.11 Å². The second-order valence-corrected chi connectivity index (χ2v) is 7.00. The van der Waals surface area contributed by atoms with Gasteiger partial charge in [-0.15, -0.1) is 0 Å². The number of ether oxygens (including phenoxy) is 3. The summed E-state index contributed by atoms with van der Waals surface area (Å²) in [6.07, 6.45) is 0. The first-order valence-electron chi connectivity index (χ1n) is 9.70. The first-order chi connectivity index (χ1) is 14.6. The molecule has 0 aliphatic rings. The molecule has 30 heavy (non-hydrogen) atoms. The second kappa shape index (κ2) is 8.09. The van der Waals surface area contributed by atoms with Crippen LogP contribution in [0.5, 0.6) is 17.2 Å². The molecule has 0 aromatic heterocycles. The fourth-order valence-electron chi connectivity index (χ4n) is 4.01. The summed E-state index contributed by atoms with van der Waals surface area (Å²) in [6, 6.07) is 26.8. The molecule has 0 bridgehead atoms. The molecule has 0 radical (unpaired) electrons. The van der Waals surface area contributed by atoms with Crippen molar-refractivity contribution in [3.63, 3.8) is 0 Å². The largest absolute Gasteiger partial charge is 0.497 e. The van der Waals surface area contributed by atoms with E-state index in [4.69, 9.17) is 14.2 Å². The van der Waals surface area contributed by atoms with Gasteiger partial charge in [0.25, 0.3) is 0 Å². The summed E-state index contributed by atoms with van der Waals surface area (Å²) < 4.78 is 16.6. The van der Waals surface area contributed by atoms with E-state index >= 15 is 0 Å². The van der Waals surface area contributed by atoms with Crippen LogP contribution in [-0.2, 0) is 5.60 Å². The van der Waals surface area contributed by atoms with Crippen LogP contribution < -0.4 is 14.2 Å². The fraction of sp³-hybridized carbons (Fsp3) is 0.154. The van der Waals surface area contributed by atoms with Crippen molar-refractivity contribution in [2.45, 2.75) is 5.60 Å². The van der Waals surface area contributed by atoms with Crippen LogP contribution in [-0.4, -0.2) is 26.4 Å². The summed E-state index contributed by atoms with van der Waals surface area (Å²) >= 11 is 0. The molecule has 0 aliphatic heterocycles. The van der Waals surface area contributed by atoms with Crippen molar-refractivity contribution in [3.05, 3.63) is 102 Å². The Labute approximate surface area is 176 Å². The SMILES string of the molecule is COc1ccc(C(O)(c2ccccc2)c2cccc3c(OC)cccc23)c(OC)c1. The van der Waals surface area contributed by atoms with Gasteiger partial charge in [-0.25, -0.2) is 0 Å². The number of methoxy groups -OCH3 is 3. The van der Waals surface area contributed by atoms with Crippen LogP contribution in [0.15, 0.2) is 84.9 Å². The molecule has 0 fully saturated rings. The molecule has 4 aromatic carbocycles. The van der Waals surface area contributed by atoms with Gasteiger partial charge in [-0.3, -0.25) is 0 Å². The van der Waals surface area contributed by atoms with E-state index < -0.39 is 5.60 Å². The van der Waals surface area contributed by atoms with E-state index in [1.807, 2.05) is 78.9 Å². The summed E-state index contributed by atoms with van der Waals surface area (Å²) in [4.78, 5) is 0. The molecular formula is C26H24O4. The standard InChI is InChI=1S/C26H24O4/c1-28-19-15-16-23(25(17-19)30-3)26(27,18-9-5-4-6-10-18)22-13-7-12-21-20(22)11-8-14-24(21)29-2/h4-17,27H,1-3H3. The quantitative estimate of drug-likeness (QED) is 0.455. The van der Waals surface area contributed by atoms with Crippen molar-refractivity contribution in [1.82, 2.24) is 0 Å². The van der Waals surface area contributed by atoms with E-state index in [1.54, 1.807) is 27.4 Å². The molecule has 152 valence electrons. The van der Waals surface area contributed by atoms with Gasteiger partial charge in [-0.1, -0.05) is 60.7 Å². The Morgan fingerprint density at radius 2 is 1.30 bits per heavy atom. The van der Waals surface area contributed by atoms with E-state index in [1.165, 1.54) is 0 Å². The molecule has 1 atom stereocenters. The molecule has 4 aromatic rings. The van der Waals surface area contributed by atoms with Crippen LogP contribution in [0.25, 0.3) is 10.8 Å². The van der Waals surface area contributed by atoms with E-state index in [2.05, 4.69) is 0 Å². The van der Waals surface area contributed by atoms with Crippen molar-refractivity contribution in [1.29, 1.82) is 0 Å². The van der Waals surface area contributed by atoms with Crippen molar-refractivity contribution >= 4 is 10.8 Å². The third-order valence-electron chi connectivity index (χ3n) is 5.48. The predicted octanol–water partition coefficient (Wildman–Crippen LogP) is 5.15. The zero-order chi connectivity index (χ0) is 21.1. The lowest BCUT2D eigenvalue weighted by Gasteiger charge is -2.32. The molecule has 4 heteroatoms. The monoisotopic (exact) mass is 400 g/mol. The summed E-state index contributed by atoms with van der Waals surface area (Å²) in [5.74, 6) is 1.96. The highest BCUT2D eigenvalue weighted by atomic mass is 16.5. The van der Waals surface area contributed by atoms with Crippen molar-refractivity contribution < 1.29 is 19.3 Å². The fourth-order valence-corrected chi connectivity index (χ4v) is 4.01. The molecule has 0 saturated heterocycles. The number of hydrogen-bond donors (Lipinski definition) is 1. The average Bonchev–Trinajstić information content (AvgIpc) is 2.82. The molecule has 0 spiro atoms. The molecule has 0 heterocycles. The zero-order valence-corrected chi connectivity index (χ0v) is 17.3. The van der Waals surface area contributed by atoms with Crippen LogP contribution in [0.3, 0.4) is 0 Å². The van der Waals surface area contributed by atoms with Crippen molar-refractivity contribution in [2.24, 2.45) is 0 Å². The van der Waals surface area contributed by atoms with Crippen LogP contribution in [0.2, 0.25) is 0 Å². The van der Waals surface area contributed by atoms with Crippen LogP contribution in [0, 0.1) is 0 Å². The first kappa shape index (κ1) is 19.8. The van der Waals surface area contributed by atoms with Gasteiger partial charge in [0.15, 0.2) is 0 Å². The maximum atomic E-state index is 12.4. The smallest absolute Gasteiger partial charge is 0.144 e. The Balaban J connectivity index is 2.09. The molecule has 0 aliphatic carbocycles. The van der Waals surface area contributed by atoms with Crippen molar-refractivity contribution in [2.75, 3.05) is 21.3 Å². The maximum absolute atomic E-state index is 12.4. The van der Waals surface area contributed by atoms with Gasteiger partial charge in [0, 0.05) is 22.6 Å². The van der Waals surface area contributed by atoms with Crippen LogP contribution >= 0.6 is 0 Å². The number of rotatable bonds is 6. The lowest BCUT2D eigenvalue weighted by Crippen LogP contribution is -2.29. The second-order valence-electron chi connectivity index (χ2n) is 7.00. The molecule has 1 N–H and O–H groups in total. The summed E-state index contributed by atoms with van der Waals surface area (Å²) in [5, 5.41) is 14.2. The molecule has 4 nitrogen and oxygen atoms in total. The Morgan fingerprint density at radius 1 is 0.600 bits per heavy atom. The van der Waals surface area contributed by atoms with Gasteiger partial charge < -0.3 is 19.3 Å². The van der Waals surface area contributed by atoms with Gasteiger partial charge in [-0.05, 0) is 29.1 Å². The minimum Gasteiger partial charge on any atom is -0.497 e.